The number of Topliss-reactive ketones (excluding diaryl/α,β-unsaturated/α-hetero) is 2. The van der Waals surface area contributed by atoms with E-state index in [2.05, 4.69) is 11.6 Å². The third kappa shape index (κ3) is 3.09. The van der Waals surface area contributed by atoms with Crippen LogP contribution in [0.1, 0.15) is 22.3 Å². The Morgan fingerprint density at radius 3 is 2.50 bits per heavy atom. The Morgan fingerprint density at radius 2 is 1.92 bits per heavy atom. The van der Waals surface area contributed by atoms with Crippen LogP contribution in [0.4, 0.5) is 5.69 Å². The number of nitrogens with two attached hydrogens (primary N) is 1. The molecule has 2 aromatic rings. The summed E-state index contributed by atoms with van der Waals surface area (Å²) in [6.07, 6.45) is 4.44. The Balaban J connectivity index is 1.88. The van der Waals surface area contributed by atoms with Crippen LogP contribution < -0.4 is 10.6 Å². The number of fused-ring (bicyclic) bond motifs is 5. The highest BCUT2D eigenvalue weighted by molar-refractivity contribution is 6.26. The van der Waals surface area contributed by atoms with Crippen molar-refractivity contribution >= 4 is 39.8 Å². The van der Waals surface area contributed by atoms with Crippen molar-refractivity contribution < 1.29 is 34.1 Å². The molecule has 1 aromatic carbocycles. The van der Waals surface area contributed by atoms with Crippen LogP contribution in [-0.4, -0.2) is 82.5 Å². The van der Waals surface area contributed by atoms with E-state index >= 15 is 0 Å². The minimum absolute atomic E-state index is 0.0211. The molecule has 0 spiro atoms. The van der Waals surface area contributed by atoms with Crippen LogP contribution in [0.25, 0.3) is 16.7 Å². The summed E-state index contributed by atoms with van der Waals surface area (Å²) in [6.45, 7) is 3.82. The lowest BCUT2D eigenvalue weighted by Crippen LogP contribution is -2.63. The van der Waals surface area contributed by atoms with Gasteiger partial charge in [0.25, 0.3) is 5.91 Å². The quantitative estimate of drug-likeness (QED) is 0.435. The second kappa shape index (κ2) is 8.40. The van der Waals surface area contributed by atoms with E-state index in [0.29, 0.717) is 22.3 Å². The van der Waals surface area contributed by atoms with Crippen molar-refractivity contribution in [2.45, 2.75) is 18.1 Å². The molecule has 3 aliphatic carbocycles. The van der Waals surface area contributed by atoms with Crippen molar-refractivity contribution in [3.05, 3.63) is 65.0 Å². The van der Waals surface area contributed by atoms with E-state index in [4.69, 9.17) is 10.2 Å². The third-order valence-electron chi connectivity index (χ3n) is 7.80. The summed E-state index contributed by atoms with van der Waals surface area (Å²) in [4.78, 5) is 47.4. The van der Waals surface area contributed by atoms with Crippen molar-refractivity contribution in [2.75, 3.05) is 33.1 Å². The Bertz CT molecular complexity index is 1540. The van der Waals surface area contributed by atoms with Crippen LogP contribution in [0.5, 0.6) is 0 Å². The van der Waals surface area contributed by atoms with Crippen LogP contribution >= 0.6 is 0 Å². The second-order valence-electron chi connectivity index (χ2n) is 10.2. The Hall–Kier alpha value is -4.22. The average Bonchev–Trinajstić information content (AvgIpc) is 3.31. The lowest BCUT2D eigenvalue weighted by molar-refractivity contribution is -0.148. The van der Waals surface area contributed by atoms with Crippen molar-refractivity contribution in [2.24, 2.45) is 17.6 Å². The molecule has 1 aromatic heterocycles. The molecule has 0 radical (unpaired) electrons. The fraction of sp³-hybridized carbons (Fsp3) is 0.333. The molecule has 0 saturated heterocycles. The maximum Gasteiger partial charge on any atom is 0.255 e. The minimum atomic E-state index is -2.68. The molecule has 0 aliphatic heterocycles. The number of likely N-dealkylation sites (N-methyl/N-ethyl adjacent to an activating group) is 1. The van der Waals surface area contributed by atoms with E-state index in [1.165, 1.54) is 11.3 Å². The summed E-state index contributed by atoms with van der Waals surface area (Å²) in [6, 6.07) is 0.728. The molecular weight excluding hydrogens is 492 g/mol. The average molecular weight is 521 g/mol. The number of hydrogen-bond acceptors (Lipinski definition) is 10. The zero-order valence-corrected chi connectivity index (χ0v) is 21.3. The molecule has 3 aliphatic rings. The van der Waals surface area contributed by atoms with Crippen LogP contribution in [0, 0.1) is 11.8 Å². The number of nitrogens with zero attached hydrogens (tertiary/aromatic N) is 3. The number of carbonyl (C=O) groups excluding carboxylic acids is 3. The molecule has 198 valence electrons. The molecule has 1 amide bonds. The number of aromatic nitrogens is 1. The molecule has 0 fully saturated rings. The van der Waals surface area contributed by atoms with Crippen molar-refractivity contribution in [1.82, 2.24) is 9.88 Å². The number of hydrogen-bond donors (Lipinski definition) is 4. The first kappa shape index (κ1) is 25.4. The first-order chi connectivity index (χ1) is 17.9. The predicted molar refractivity (Wildman–Crippen MR) is 138 cm³/mol. The zero-order chi connectivity index (χ0) is 27.8. The van der Waals surface area contributed by atoms with Gasteiger partial charge in [0.1, 0.15) is 22.6 Å². The number of amides is 1. The Morgan fingerprint density at radius 1 is 1.24 bits per heavy atom. The number of rotatable bonds is 4. The number of anilines is 1. The van der Waals surface area contributed by atoms with Crippen LogP contribution in [0.3, 0.4) is 0 Å². The van der Waals surface area contributed by atoms with Gasteiger partial charge in [-0.25, -0.2) is 4.98 Å². The maximum absolute atomic E-state index is 14.2. The summed E-state index contributed by atoms with van der Waals surface area (Å²) < 4.78 is 5.58. The molecule has 4 atom stereocenters. The highest BCUT2D eigenvalue weighted by atomic mass is 16.4. The van der Waals surface area contributed by atoms with E-state index in [9.17, 15) is 29.7 Å². The molecular formula is C27H28N4O7. The topological polar surface area (TPSA) is 170 Å². The summed E-state index contributed by atoms with van der Waals surface area (Å²) >= 11 is 0. The monoisotopic (exact) mass is 520 g/mol. The highest BCUT2D eigenvalue weighted by Gasteiger charge is 2.63. The Labute approximate surface area is 217 Å². The number of benzene rings is 1. The van der Waals surface area contributed by atoms with E-state index in [0.717, 1.165) is 0 Å². The second-order valence-corrected chi connectivity index (χ2v) is 10.2. The summed E-state index contributed by atoms with van der Waals surface area (Å²) in [7, 11) is 6.82. The van der Waals surface area contributed by atoms with Gasteiger partial charge in [-0.15, -0.1) is 0 Å². The molecule has 0 unspecified atom stereocenters. The van der Waals surface area contributed by atoms with Gasteiger partial charge in [0.05, 0.1) is 11.6 Å². The van der Waals surface area contributed by atoms with Crippen molar-refractivity contribution in [3.8, 4) is 0 Å². The molecule has 11 nitrogen and oxygen atoms in total. The predicted octanol–water partition coefficient (Wildman–Crippen LogP) is 1.65. The van der Waals surface area contributed by atoms with Gasteiger partial charge in [-0.3, -0.25) is 19.3 Å². The van der Waals surface area contributed by atoms with E-state index in [1.807, 2.05) is 19.0 Å². The lowest BCUT2D eigenvalue weighted by Gasteiger charge is -2.50. The standard InChI is InChI=1S/C27H28N4O7/c1-6-7-11-12-8-13-20(31(4)5)22(33)19(26(28)36)25(35)27(13,37)24(34)17(12)21(32)18-16(11)15(30(2)3)9-14-23(18)38-10-29-14/h6-7,9-10,12-13,20,33-34,37H,1,8H2,2-5H3,(H2,28,36)/b11-7+/t12-,13+,20+,27+/m1/s1. The molecule has 5 N–H and O–H groups in total. The highest BCUT2D eigenvalue weighted by Crippen LogP contribution is 2.56. The smallest absolute Gasteiger partial charge is 0.255 e. The molecule has 11 heteroatoms. The lowest BCUT2D eigenvalue weighted by atomic mass is 9.57. The van der Waals surface area contributed by atoms with Crippen molar-refractivity contribution in [1.29, 1.82) is 0 Å². The minimum Gasteiger partial charge on any atom is -0.510 e. The van der Waals surface area contributed by atoms with Crippen LogP contribution in [0.15, 0.2) is 58.3 Å². The molecule has 5 rings (SSSR count). The molecule has 38 heavy (non-hydrogen) atoms. The van der Waals surface area contributed by atoms with E-state index < -0.39 is 58.0 Å². The van der Waals surface area contributed by atoms with Crippen LogP contribution in [-0.2, 0) is 9.59 Å². The van der Waals surface area contributed by atoms with Crippen molar-refractivity contribution in [3.63, 3.8) is 0 Å². The molecule has 0 bridgehead atoms. The number of carbonyl (C=O) groups is 3. The largest absolute Gasteiger partial charge is 0.510 e. The summed E-state index contributed by atoms with van der Waals surface area (Å²) in [5.74, 6) is -6.53. The molecule has 1 heterocycles. The van der Waals surface area contributed by atoms with Gasteiger partial charge in [-0.05, 0) is 32.2 Å². The van der Waals surface area contributed by atoms with Gasteiger partial charge >= 0.3 is 0 Å². The SMILES string of the molecule is C=C/C=C1/c2c(N(C)C)cc3ncoc3c2C(=O)C2=C(O)[C@]3(O)C(=O)C(C(N)=O)=C(O)[C@@H](N(C)C)[C@@H]3C[C@@H]21. The van der Waals surface area contributed by atoms with Gasteiger partial charge in [0.15, 0.2) is 23.4 Å². The zero-order valence-electron chi connectivity index (χ0n) is 21.3. The Kier molecular flexibility index (Phi) is 5.62. The van der Waals surface area contributed by atoms with E-state index in [-0.39, 0.29) is 23.1 Å². The van der Waals surface area contributed by atoms with Gasteiger partial charge in [0, 0.05) is 42.8 Å². The van der Waals surface area contributed by atoms with Gasteiger partial charge < -0.3 is 30.4 Å². The summed E-state index contributed by atoms with van der Waals surface area (Å²) in [5, 5.41) is 34.4. The first-order valence-electron chi connectivity index (χ1n) is 11.9. The first-order valence-corrected chi connectivity index (χ1v) is 11.9. The number of aliphatic hydroxyl groups excluding tert-OH is 2. The number of primary amides is 1. The number of ketones is 2. The maximum atomic E-state index is 14.2. The van der Waals surface area contributed by atoms with Gasteiger partial charge in [0.2, 0.25) is 5.78 Å². The number of aliphatic hydroxyl groups is 3. The summed E-state index contributed by atoms with van der Waals surface area (Å²) in [5.41, 5.74) is 4.26. The number of allylic oxidation sites excluding steroid dienone is 4. The third-order valence-corrected chi connectivity index (χ3v) is 7.80. The number of oxazole rings is 1. The van der Waals surface area contributed by atoms with Gasteiger partial charge in [-0.2, -0.15) is 0 Å². The normalized spacial score (nSPS) is 28.1. The molecule has 0 saturated carbocycles. The fourth-order valence-electron chi connectivity index (χ4n) is 6.24. The van der Waals surface area contributed by atoms with Crippen LogP contribution in [0.2, 0.25) is 0 Å². The van der Waals surface area contributed by atoms with E-state index in [1.54, 1.807) is 32.3 Å². The fourth-order valence-corrected chi connectivity index (χ4v) is 6.24. The van der Waals surface area contributed by atoms with Gasteiger partial charge in [-0.1, -0.05) is 18.7 Å².